The molecule has 1 aromatic rings. The van der Waals surface area contributed by atoms with Gasteiger partial charge >= 0.3 is 0 Å². The second-order valence-corrected chi connectivity index (χ2v) is 5.73. The van der Waals surface area contributed by atoms with E-state index >= 15 is 0 Å². The molecule has 0 aromatic carbocycles. The van der Waals surface area contributed by atoms with Crippen molar-refractivity contribution in [2.24, 2.45) is 5.92 Å². The molecule has 18 heavy (non-hydrogen) atoms. The molecule has 1 fully saturated rings. The van der Waals surface area contributed by atoms with E-state index < -0.39 is 0 Å². The van der Waals surface area contributed by atoms with Crippen molar-refractivity contribution in [2.45, 2.75) is 32.7 Å². The maximum absolute atomic E-state index is 12.5. The zero-order chi connectivity index (χ0) is 13.3. The van der Waals surface area contributed by atoms with Gasteiger partial charge in [-0.2, -0.15) is 0 Å². The zero-order valence-corrected chi connectivity index (χ0v) is 12.0. The molecular formula is C13H16Cl2N2O. The molecule has 1 aliphatic rings. The van der Waals surface area contributed by atoms with Crippen LogP contribution in [0.15, 0.2) is 12.3 Å². The highest BCUT2D eigenvalue weighted by molar-refractivity contribution is 6.35. The van der Waals surface area contributed by atoms with Crippen molar-refractivity contribution in [3.63, 3.8) is 0 Å². The average molecular weight is 287 g/mol. The van der Waals surface area contributed by atoms with E-state index in [0.717, 1.165) is 19.4 Å². The monoisotopic (exact) mass is 286 g/mol. The first-order valence-electron chi connectivity index (χ1n) is 6.12. The second kappa shape index (κ2) is 5.45. The molecule has 2 rings (SSSR count). The summed E-state index contributed by atoms with van der Waals surface area (Å²) in [6.07, 6.45) is 3.53. The summed E-state index contributed by atoms with van der Waals surface area (Å²) in [6, 6.07) is 1.84. The van der Waals surface area contributed by atoms with Crippen LogP contribution in [0.3, 0.4) is 0 Å². The molecule has 1 amide bonds. The molecule has 0 spiro atoms. The molecule has 3 nitrogen and oxygen atoms in total. The molecule has 5 heteroatoms. The first kappa shape index (κ1) is 13.6. The number of amides is 1. The summed E-state index contributed by atoms with van der Waals surface area (Å²) >= 11 is 11.9. The highest BCUT2D eigenvalue weighted by Crippen LogP contribution is 2.28. The molecule has 98 valence electrons. The smallest absolute Gasteiger partial charge is 0.255 e. The second-order valence-electron chi connectivity index (χ2n) is 4.94. The topological polar surface area (TPSA) is 33.2 Å². The van der Waals surface area contributed by atoms with Crippen molar-refractivity contribution in [3.05, 3.63) is 28.0 Å². The van der Waals surface area contributed by atoms with Gasteiger partial charge in [0.05, 0.1) is 10.6 Å². The lowest BCUT2D eigenvalue weighted by molar-refractivity contribution is 0.0701. The van der Waals surface area contributed by atoms with Crippen LogP contribution >= 0.6 is 23.2 Å². The number of carbonyl (C=O) groups is 1. The van der Waals surface area contributed by atoms with Crippen LogP contribution in [0.1, 0.15) is 37.0 Å². The Balaban J connectivity index is 2.28. The van der Waals surface area contributed by atoms with Gasteiger partial charge in [0.25, 0.3) is 5.91 Å². The summed E-state index contributed by atoms with van der Waals surface area (Å²) in [6.45, 7) is 5.06. The summed E-state index contributed by atoms with van der Waals surface area (Å²) in [5.41, 5.74) is 0.448. The molecule has 1 aromatic heterocycles. The van der Waals surface area contributed by atoms with Crippen molar-refractivity contribution in [1.82, 2.24) is 9.88 Å². The van der Waals surface area contributed by atoms with E-state index in [4.69, 9.17) is 23.2 Å². The van der Waals surface area contributed by atoms with Crippen LogP contribution in [0.25, 0.3) is 0 Å². The Morgan fingerprint density at radius 3 is 2.89 bits per heavy atom. The summed E-state index contributed by atoms with van der Waals surface area (Å²) in [4.78, 5) is 18.3. The summed E-state index contributed by atoms with van der Waals surface area (Å²) < 4.78 is 0. The van der Waals surface area contributed by atoms with Gasteiger partial charge in [-0.25, -0.2) is 4.98 Å². The van der Waals surface area contributed by atoms with Crippen LogP contribution in [-0.2, 0) is 0 Å². The number of aromatic nitrogens is 1. The van der Waals surface area contributed by atoms with Crippen molar-refractivity contribution < 1.29 is 4.79 Å². The molecule has 2 heterocycles. The third-order valence-corrected chi connectivity index (χ3v) is 3.89. The number of hydrogen-bond acceptors (Lipinski definition) is 2. The quantitative estimate of drug-likeness (QED) is 0.778. The summed E-state index contributed by atoms with van der Waals surface area (Å²) in [5, 5.41) is 0.654. The van der Waals surface area contributed by atoms with E-state index in [-0.39, 0.29) is 5.91 Å². The minimum absolute atomic E-state index is 0.0412. The fourth-order valence-corrected chi connectivity index (χ4v) is 2.81. The fourth-order valence-electron chi connectivity index (χ4n) is 2.47. The van der Waals surface area contributed by atoms with Crippen molar-refractivity contribution in [3.8, 4) is 0 Å². The van der Waals surface area contributed by atoms with Crippen LogP contribution in [0.4, 0.5) is 0 Å². The van der Waals surface area contributed by atoms with Gasteiger partial charge in [0, 0.05) is 18.8 Å². The first-order chi connectivity index (χ1) is 8.50. The van der Waals surface area contributed by atoms with Crippen molar-refractivity contribution in [1.29, 1.82) is 0 Å². The number of carbonyl (C=O) groups excluding carboxylic acids is 1. The van der Waals surface area contributed by atoms with Gasteiger partial charge in [-0.1, -0.05) is 37.0 Å². The largest absolute Gasteiger partial charge is 0.335 e. The zero-order valence-electron chi connectivity index (χ0n) is 10.5. The maximum Gasteiger partial charge on any atom is 0.255 e. The molecule has 1 unspecified atom stereocenters. The van der Waals surface area contributed by atoms with Crippen LogP contribution in [0.5, 0.6) is 0 Å². The molecule has 0 saturated carbocycles. The van der Waals surface area contributed by atoms with Crippen molar-refractivity contribution >= 4 is 29.1 Å². The van der Waals surface area contributed by atoms with Crippen LogP contribution < -0.4 is 0 Å². The SMILES string of the molecule is CC(C)C1CCCN1C(=O)c1cc(Cl)ncc1Cl. The lowest BCUT2D eigenvalue weighted by Gasteiger charge is -2.28. The molecule has 0 N–H and O–H groups in total. The van der Waals surface area contributed by atoms with E-state index in [1.165, 1.54) is 6.20 Å². The standard InChI is InChI=1S/C13H16Cl2N2O/c1-8(2)11-4-3-5-17(11)13(18)9-6-12(15)16-7-10(9)14/h6-8,11H,3-5H2,1-2H3. The van der Waals surface area contributed by atoms with Crippen LogP contribution in [0.2, 0.25) is 10.2 Å². The molecule has 1 atom stereocenters. The van der Waals surface area contributed by atoms with Gasteiger partial charge in [0.15, 0.2) is 0 Å². The van der Waals surface area contributed by atoms with Gasteiger partial charge in [-0.15, -0.1) is 0 Å². The molecule has 0 radical (unpaired) electrons. The van der Waals surface area contributed by atoms with E-state index in [1.54, 1.807) is 6.07 Å². The van der Waals surface area contributed by atoms with Gasteiger partial charge < -0.3 is 4.90 Å². The lowest BCUT2D eigenvalue weighted by Crippen LogP contribution is -2.38. The molecule has 0 bridgehead atoms. The minimum atomic E-state index is -0.0412. The van der Waals surface area contributed by atoms with E-state index in [0.29, 0.717) is 27.7 Å². The highest BCUT2D eigenvalue weighted by atomic mass is 35.5. The minimum Gasteiger partial charge on any atom is -0.335 e. The molecule has 0 aliphatic carbocycles. The normalized spacial score (nSPS) is 19.6. The average Bonchev–Trinajstić information content (AvgIpc) is 2.80. The Morgan fingerprint density at radius 1 is 1.50 bits per heavy atom. The van der Waals surface area contributed by atoms with E-state index in [9.17, 15) is 4.79 Å². The molecule has 1 saturated heterocycles. The predicted molar refractivity (Wildman–Crippen MR) is 73.2 cm³/mol. The Bertz CT molecular complexity index is 462. The number of pyridine rings is 1. The summed E-state index contributed by atoms with van der Waals surface area (Å²) in [7, 11) is 0. The fraction of sp³-hybridized carbons (Fsp3) is 0.538. The number of hydrogen-bond donors (Lipinski definition) is 0. The first-order valence-corrected chi connectivity index (χ1v) is 6.88. The highest BCUT2D eigenvalue weighted by Gasteiger charge is 2.32. The van der Waals surface area contributed by atoms with Crippen LogP contribution in [-0.4, -0.2) is 28.4 Å². The van der Waals surface area contributed by atoms with Gasteiger partial charge in [0.1, 0.15) is 5.15 Å². The Morgan fingerprint density at radius 2 is 2.22 bits per heavy atom. The molecular weight excluding hydrogens is 271 g/mol. The van der Waals surface area contributed by atoms with Crippen molar-refractivity contribution in [2.75, 3.05) is 6.54 Å². The summed E-state index contributed by atoms with van der Waals surface area (Å²) in [5.74, 6) is 0.410. The third-order valence-electron chi connectivity index (χ3n) is 3.38. The number of halogens is 2. The Labute approximate surface area is 117 Å². The van der Waals surface area contributed by atoms with E-state index in [1.807, 2.05) is 4.90 Å². The number of nitrogens with zero attached hydrogens (tertiary/aromatic N) is 2. The molecule has 1 aliphatic heterocycles. The Hall–Kier alpha value is -0.800. The Kier molecular flexibility index (Phi) is 4.13. The van der Waals surface area contributed by atoms with Crippen LogP contribution in [0, 0.1) is 5.92 Å². The van der Waals surface area contributed by atoms with Gasteiger partial charge in [0.2, 0.25) is 0 Å². The third kappa shape index (κ3) is 2.62. The van der Waals surface area contributed by atoms with E-state index in [2.05, 4.69) is 18.8 Å². The number of likely N-dealkylation sites (tertiary alicyclic amines) is 1. The maximum atomic E-state index is 12.5. The van der Waals surface area contributed by atoms with Gasteiger partial charge in [-0.3, -0.25) is 4.79 Å². The number of rotatable bonds is 2. The van der Waals surface area contributed by atoms with Gasteiger partial charge in [-0.05, 0) is 24.8 Å². The predicted octanol–water partition coefficient (Wildman–Crippen LogP) is 3.65. The lowest BCUT2D eigenvalue weighted by atomic mass is 10.0.